The molecule has 0 bridgehead atoms. The van der Waals surface area contributed by atoms with Crippen molar-refractivity contribution in [2.75, 3.05) is 44.5 Å². The molecule has 0 spiro atoms. The molecule has 0 aliphatic heterocycles. The molecule has 5 heteroatoms. The molecule has 0 rings (SSSR count). The third-order valence-electron chi connectivity index (χ3n) is 6.20. The van der Waals surface area contributed by atoms with E-state index in [0.717, 1.165) is 37.7 Å². The molecule has 0 aromatic heterocycles. The van der Waals surface area contributed by atoms with Gasteiger partial charge < -0.3 is 0 Å². The van der Waals surface area contributed by atoms with Gasteiger partial charge in [0.25, 0.3) is 0 Å². The maximum atomic E-state index is 9.37. The molecule has 0 unspecified atom stereocenters. The predicted octanol–water partition coefficient (Wildman–Crippen LogP) is 6.70. The van der Waals surface area contributed by atoms with E-state index in [1.54, 1.807) is 0 Å². The first-order chi connectivity index (χ1) is 13.5. The van der Waals surface area contributed by atoms with E-state index in [4.69, 9.17) is 0 Å². The maximum absolute atomic E-state index is 9.37. The van der Waals surface area contributed by atoms with Gasteiger partial charge in [-0.25, -0.2) is 0 Å². The zero-order valence-electron chi connectivity index (χ0n) is 18.7. The fourth-order valence-corrected chi connectivity index (χ4v) is 12.6. The van der Waals surface area contributed by atoms with Gasteiger partial charge in [0.05, 0.1) is 0 Å². The number of halogens is 1. The molecular weight excluding hydrogens is 435 g/mol. The van der Waals surface area contributed by atoms with Crippen LogP contribution in [0, 0.1) is 0 Å². The molecule has 0 radical (unpaired) electrons. The average molecular weight is 486 g/mol. The Morgan fingerprint density at radius 1 is 0.464 bits per heavy atom. The van der Waals surface area contributed by atoms with Gasteiger partial charge in [-0.15, -0.1) is 0 Å². The van der Waals surface area contributed by atoms with Gasteiger partial charge in [0.15, 0.2) is 0 Å². The third kappa shape index (κ3) is 14.7. The van der Waals surface area contributed by atoms with E-state index in [9.17, 15) is 15.3 Å². The van der Waals surface area contributed by atoms with Crippen LogP contribution in [-0.2, 0) is 0 Å². The van der Waals surface area contributed by atoms with Crippen LogP contribution >= 0.6 is 20.8 Å². The fraction of sp³-hybridized carbons (Fsp3) is 1.00. The van der Waals surface area contributed by atoms with E-state index in [2.05, 4.69) is 22.4 Å². The van der Waals surface area contributed by atoms with Crippen molar-refractivity contribution in [1.29, 1.82) is 0 Å². The van der Waals surface area contributed by atoms with Crippen LogP contribution in [0.25, 0.3) is 0 Å². The summed E-state index contributed by atoms with van der Waals surface area (Å²) < 4.78 is 0. The second-order valence-corrected chi connectivity index (χ2v) is 20.3. The first-order valence-corrected chi connectivity index (χ1v) is 17.1. The Morgan fingerprint density at radius 3 is 1.07 bits per heavy atom. The molecule has 0 aliphatic carbocycles. The van der Waals surface area contributed by atoms with E-state index in [-0.39, 0.29) is 19.8 Å². The Morgan fingerprint density at radius 2 is 0.750 bits per heavy atom. The standard InChI is InChI=1S/C23H50BrO3P/c1-2-3-4-5-6-7-8-9-10-11-12-13-20-28(24,21-14-17-25,22-15-18-26)23-16-19-27/h25-27H,2-23H2,1H3. The second kappa shape index (κ2) is 18.6. The fourth-order valence-electron chi connectivity index (χ4n) is 4.42. The van der Waals surface area contributed by atoms with Crippen LogP contribution in [0.3, 0.4) is 0 Å². The van der Waals surface area contributed by atoms with Crippen LogP contribution in [-0.4, -0.2) is 59.8 Å². The Kier molecular flexibility index (Phi) is 19.1. The molecule has 172 valence electrons. The van der Waals surface area contributed by atoms with Crippen LogP contribution < -0.4 is 0 Å². The summed E-state index contributed by atoms with van der Waals surface area (Å²) in [7, 11) is 0. The summed E-state index contributed by atoms with van der Waals surface area (Å²) in [5, 5.41) is 26.0. The summed E-state index contributed by atoms with van der Waals surface area (Å²) in [6, 6.07) is 0. The van der Waals surface area contributed by atoms with Crippen molar-refractivity contribution >= 4 is 20.8 Å². The monoisotopic (exact) mass is 484 g/mol. The topological polar surface area (TPSA) is 60.7 Å². The van der Waals surface area contributed by atoms with E-state index in [1.165, 1.54) is 83.2 Å². The van der Waals surface area contributed by atoms with E-state index >= 15 is 0 Å². The van der Waals surface area contributed by atoms with Crippen molar-refractivity contribution in [3.8, 4) is 0 Å². The van der Waals surface area contributed by atoms with Gasteiger partial charge in [-0.1, -0.05) is 13.3 Å². The number of rotatable bonds is 22. The molecule has 0 aromatic rings. The Bertz CT molecular complexity index is 317. The van der Waals surface area contributed by atoms with Crippen molar-refractivity contribution in [1.82, 2.24) is 0 Å². The van der Waals surface area contributed by atoms with Crippen molar-refractivity contribution in [3.05, 3.63) is 0 Å². The molecule has 28 heavy (non-hydrogen) atoms. The molecule has 0 saturated carbocycles. The Hall–Kier alpha value is 0.790. The molecule has 3 N–H and O–H groups in total. The van der Waals surface area contributed by atoms with Crippen molar-refractivity contribution in [2.45, 2.75) is 103 Å². The molecule has 0 saturated heterocycles. The van der Waals surface area contributed by atoms with Gasteiger partial charge in [-0.3, -0.25) is 0 Å². The van der Waals surface area contributed by atoms with Gasteiger partial charge in [0, 0.05) is 0 Å². The molecule has 3 nitrogen and oxygen atoms in total. The summed E-state index contributed by atoms with van der Waals surface area (Å²) in [4.78, 5) is 0. The summed E-state index contributed by atoms with van der Waals surface area (Å²) >= 11 is 4.22. The van der Waals surface area contributed by atoms with Crippen LogP contribution in [0.2, 0.25) is 0 Å². The zero-order chi connectivity index (χ0) is 21.0. The molecule has 0 atom stereocenters. The number of aliphatic hydroxyl groups is 3. The predicted molar refractivity (Wildman–Crippen MR) is 132 cm³/mol. The van der Waals surface area contributed by atoms with Crippen LogP contribution in [0.1, 0.15) is 103 Å². The van der Waals surface area contributed by atoms with Gasteiger partial charge >= 0.3 is 170 Å². The molecular formula is C23H50BrO3P. The Labute approximate surface area is 183 Å². The van der Waals surface area contributed by atoms with Crippen molar-refractivity contribution in [3.63, 3.8) is 0 Å². The minimum absolute atomic E-state index is 0.236. The van der Waals surface area contributed by atoms with Crippen LogP contribution in [0.5, 0.6) is 0 Å². The number of aliphatic hydroxyl groups excluding tert-OH is 3. The second-order valence-electron chi connectivity index (χ2n) is 8.83. The molecule has 0 heterocycles. The number of hydrogen-bond acceptors (Lipinski definition) is 3. The van der Waals surface area contributed by atoms with Gasteiger partial charge in [-0.05, 0) is 0 Å². The van der Waals surface area contributed by atoms with Crippen molar-refractivity contribution in [2.24, 2.45) is 0 Å². The Balaban J connectivity index is 4.12. The van der Waals surface area contributed by atoms with E-state index < -0.39 is 5.31 Å². The first-order valence-electron chi connectivity index (χ1n) is 12.1. The molecule has 0 aliphatic rings. The van der Waals surface area contributed by atoms with Gasteiger partial charge in [0.2, 0.25) is 0 Å². The molecule has 0 aromatic carbocycles. The summed E-state index contributed by atoms with van der Waals surface area (Å²) in [6.07, 6.45) is 23.2. The molecule has 0 fully saturated rings. The van der Waals surface area contributed by atoms with Crippen LogP contribution in [0.15, 0.2) is 0 Å². The normalized spacial score (nSPS) is 13.5. The molecule has 0 amide bonds. The summed E-state index contributed by atoms with van der Waals surface area (Å²) in [6.45, 7) is 2.98. The van der Waals surface area contributed by atoms with Gasteiger partial charge in [0.1, 0.15) is 0 Å². The number of unbranched alkanes of at least 4 members (excludes halogenated alkanes) is 11. The van der Waals surface area contributed by atoms with E-state index in [1.807, 2.05) is 0 Å². The zero-order valence-corrected chi connectivity index (χ0v) is 21.2. The van der Waals surface area contributed by atoms with Crippen LogP contribution in [0.4, 0.5) is 0 Å². The minimum atomic E-state index is -2.11. The summed E-state index contributed by atoms with van der Waals surface area (Å²) in [5.74, 6) is 0. The van der Waals surface area contributed by atoms with Crippen molar-refractivity contribution < 1.29 is 15.3 Å². The third-order valence-corrected chi connectivity index (χ3v) is 16.2. The quantitative estimate of drug-likeness (QED) is 0.118. The van der Waals surface area contributed by atoms with E-state index in [0.29, 0.717) is 0 Å². The SMILES string of the molecule is CCCCCCCCCCCCCCP(Br)(CCCO)(CCCO)CCCO. The average Bonchev–Trinajstić information content (AvgIpc) is 2.71. The summed E-state index contributed by atoms with van der Waals surface area (Å²) in [5.41, 5.74) is 0. The number of hydrogen-bond donors (Lipinski definition) is 3. The first kappa shape index (κ1) is 28.8. The van der Waals surface area contributed by atoms with Gasteiger partial charge in [-0.2, -0.15) is 0 Å².